The fourth-order valence-electron chi connectivity index (χ4n) is 3.19. The average molecular weight is 402 g/mol. The van der Waals surface area contributed by atoms with Crippen LogP contribution in [-0.4, -0.2) is 61.4 Å². The second-order valence-electron chi connectivity index (χ2n) is 6.73. The molecule has 28 heavy (non-hydrogen) atoms. The Kier molecular flexibility index (Phi) is 7.50. The summed E-state index contributed by atoms with van der Waals surface area (Å²) in [6.07, 6.45) is -4.67. The summed E-state index contributed by atoms with van der Waals surface area (Å²) in [5.41, 5.74) is 0.705. The Balaban J connectivity index is 1.84. The molecule has 1 N–H and O–H groups in total. The Morgan fingerprint density at radius 2 is 2.00 bits per heavy atom. The zero-order valence-electron chi connectivity index (χ0n) is 15.5. The molecule has 0 radical (unpaired) electrons. The average Bonchev–Trinajstić information content (AvgIpc) is 2.61. The molecule has 10 heteroatoms. The lowest BCUT2D eigenvalue weighted by Crippen LogP contribution is -2.49. The van der Waals surface area contributed by atoms with E-state index >= 15 is 0 Å². The van der Waals surface area contributed by atoms with Gasteiger partial charge < -0.3 is 24.9 Å². The molecule has 1 heterocycles. The SMILES string of the molecule is CNC(=O)CN(CC1CCN(Cc2cccc(OC(F)(F)F)c2)CC1)C(=O)[O-]. The van der Waals surface area contributed by atoms with Crippen molar-refractivity contribution in [3.05, 3.63) is 29.8 Å². The Morgan fingerprint density at radius 3 is 2.57 bits per heavy atom. The molecule has 2 rings (SSSR count). The lowest BCUT2D eigenvalue weighted by atomic mass is 9.96. The highest BCUT2D eigenvalue weighted by Crippen LogP contribution is 2.25. The number of benzene rings is 1. The van der Waals surface area contributed by atoms with Gasteiger partial charge in [-0.3, -0.25) is 9.69 Å². The number of alkyl halides is 3. The molecule has 0 aliphatic carbocycles. The summed E-state index contributed by atoms with van der Waals surface area (Å²) in [5, 5.41) is 13.6. The fraction of sp³-hybridized carbons (Fsp3) is 0.556. The molecule has 0 aromatic heterocycles. The van der Waals surface area contributed by atoms with Crippen LogP contribution < -0.4 is 15.2 Å². The molecule has 0 unspecified atom stereocenters. The minimum atomic E-state index is -4.73. The van der Waals surface area contributed by atoms with Gasteiger partial charge in [0.2, 0.25) is 5.91 Å². The normalized spacial score (nSPS) is 15.9. The lowest BCUT2D eigenvalue weighted by Gasteiger charge is -2.35. The molecule has 1 saturated heterocycles. The Morgan fingerprint density at radius 1 is 1.32 bits per heavy atom. The number of piperidine rings is 1. The van der Waals surface area contributed by atoms with E-state index in [4.69, 9.17) is 0 Å². The number of nitrogens with one attached hydrogen (secondary N) is 1. The van der Waals surface area contributed by atoms with Crippen LogP contribution in [0.15, 0.2) is 24.3 Å². The van der Waals surface area contributed by atoms with E-state index in [2.05, 4.69) is 15.0 Å². The summed E-state index contributed by atoms with van der Waals surface area (Å²) in [6, 6.07) is 5.86. The number of halogens is 3. The van der Waals surface area contributed by atoms with Gasteiger partial charge in [0.1, 0.15) is 11.8 Å². The summed E-state index contributed by atoms with van der Waals surface area (Å²) >= 11 is 0. The van der Waals surface area contributed by atoms with E-state index in [0.717, 1.165) is 17.7 Å². The van der Waals surface area contributed by atoms with Crippen LogP contribution in [-0.2, 0) is 11.3 Å². The van der Waals surface area contributed by atoms with E-state index < -0.39 is 18.4 Å². The quantitative estimate of drug-likeness (QED) is 0.741. The maximum atomic E-state index is 12.3. The van der Waals surface area contributed by atoms with Crippen molar-refractivity contribution in [2.45, 2.75) is 25.7 Å². The second-order valence-corrected chi connectivity index (χ2v) is 6.73. The van der Waals surface area contributed by atoms with E-state index in [1.165, 1.54) is 25.2 Å². The van der Waals surface area contributed by atoms with Gasteiger partial charge in [-0.15, -0.1) is 13.2 Å². The summed E-state index contributed by atoms with van der Waals surface area (Å²) < 4.78 is 40.9. The van der Waals surface area contributed by atoms with E-state index in [1.807, 2.05) is 0 Å². The third-order valence-electron chi connectivity index (χ3n) is 4.60. The van der Waals surface area contributed by atoms with Crippen LogP contribution in [0.5, 0.6) is 5.75 Å². The van der Waals surface area contributed by atoms with Crippen LogP contribution in [0.4, 0.5) is 18.0 Å². The van der Waals surface area contributed by atoms with Crippen molar-refractivity contribution in [2.75, 3.05) is 33.2 Å². The van der Waals surface area contributed by atoms with E-state index in [-0.39, 0.29) is 24.8 Å². The Hall–Kier alpha value is -2.49. The van der Waals surface area contributed by atoms with Crippen molar-refractivity contribution in [3.63, 3.8) is 0 Å². The molecule has 7 nitrogen and oxygen atoms in total. The molecule has 0 bridgehead atoms. The lowest BCUT2D eigenvalue weighted by molar-refractivity contribution is -0.274. The fourth-order valence-corrected chi connectivity index (χ4v) is 3.19. The molecule has 1 aliphatic rings. The van der Waals surface area contributed by atoms with Gasteiger partial charge in [0.15, 0.2) is 0 Å². The first kappa shape index (κ1) is 21.8. The molecule has 2 amide bonds. The van der Waals surface area contributed by atoms with Gasteiger partial charge in [-0.25, -0.2) is 0 Å². The highest BCUT2D eigenvalue weighted by atomic mass is 19.4. The van der Waals surface area contributed by atoms with Crippen molar-refractivity contribution in [2.24, 2.45) is 5.92 Å². The number of ether oxygens (including phenoxy) is 1. The van der Waals surface area contributed by atoms with Gasteiger partial charge in [0.25, 0.3) is 0 Å². The number of nitrogens with zero attached hydrogens (tertiary/aromatic N) is 2. The van der Waals surface area contributed by atoms with Crippen molar-refractivity contribution < 1.29 is 32.6 Å². The van der Waals surface area contributed by atoms with Gasteiger partial charge in [0.05, 0.1) is 6.54 Å². The topological polar surface area (TPSA) is 84.9 Å². The van der Waals surface area contributed by atoms with Gasteiger partial charge in [-0.05, 0) is 49.5 Å². The molecule has 0 atom stereocenters. The minimum Gasteiger partial charge on any atom is -0.530 e. The van der Waals surface area contributed by atoms with Crippen LogP contribution in [0, 0.1) is 5.92 Å². The molecule has 156 valence electrons. The highest BCUT2D eigenvalue weighted by molar-refractivity contribution is 5.81. The van der Waals surface area contributed by atoms with Crippen molar-refractivity contribution >= 4 is 12.0 Å². The smallest absolute Gasteiger partial charge is 0.530 e. The van der Waals surface area contributed by atoms with Crippen LogP contribution in [0.1, 0.15) is 18.4 Å². The first-order chi connectivity index (χ1) is 13.2. The number of likely N-dealkylation sites (N-methyl/N-ethyl adjacent to an activating group) is 1. The molecule has 0 saturated carbocycles. The van der Waals surface area contributed by atoms with E-state index in [1.54, 1.807) is 6.07 Å². The number of carboxylic acid groups (broad SMARTS) is 1. The molecule has 0 spiro atoms. The number of hydrogen-bond donors (Lipinski definition) is 1. The number of likely N-dealkylation sites (tertiary alicyclic amines) is 1. The van der Waals surface area contributed by atoms with Crippen LogP contribution in [0.3, 0.4) is 0 Å². The Bertz CT molecular complexity index is 676. The first-order valence-electron chi connectivity index (χ1n) is 8.90. The third-order valence-corrected chi connectivity index (χ3v) is 4.60. The maximum Gasteiger partial charge on any atom is 0.573 e. The van der Waals surface area contributed by atoms with Gasteiger partial charge in [-0.2, -0.15) is 0 Å². The van der Waals surface area contributed by atoms with Gasteiger partial charge in [0, 0.05) is 20.1 Å². The zero-order valence-corrected chi connectivity index (χ0v) is 15.5. The largest absolute Gasteiger partial charge is 0.573 e. The number of amides is 2. The van der Waals surface area contributed by atoms with Crippen LogP contribution >= 0.6 is 0 Å². The minimum absolute atomic E-state index is 0.0960. The van der Waals surface area contributed by atoms with Gasteiger partial charge >= 0.3 is 6.36 Å². The summed E-state index contributed by atoms with van der Waals surface area (Å²) in [5.74, 6) is -0.556. The monoisotopic (exact) mass is 402 g/mol. The summed E-state index contributed by atoms with van der Waals surface area (Å²) in [7, 11) is 1.43. The van der Waals surface area contributed by atoms with Crippen LogP contribution in [0.2, 0.25) is 0 Å². The van der Waals surface area contributed by atoms with Crippen molar-refractivity contribution in [1.29, 1.82) is 0 Å². The van der Waals surface area contributed by atoms with Gasteiger partial charge in [-0.1, -0.05) is 12.1 Å². The predicted octanol–water partition coefficient (Wildman–Crippen LogP) is 1.19. The Labute approximate surface area is 161 Å². The number of carbonyl (C=O) groups is 2. The molecule has 1 aromatic carbocycles. The van der Waals surface area contributed by atoms with Crippen molar-refractivity contribution in [3.8, 4) is 5.75 Å². The molecule has 1 aliphatic heterocycles. The molecule has 1 fully saturated rings. The number of hydrogen-bond acceptors (Lipinski definition) is 5. The highest BCUT2D eigenvalue weighted by Gasteiger charge is 2.31. The molecular weight excluding hydrogens is 379 g/mol. The van der Waals surface area contributed by atoms with E-state index in [0.29, 0.717) is 25.2 Å². The van der Waals surface area contributed by atoms with Crippen molar-refractivity contribution in [1.82, 2.24) is 15.1 Å². The molecular formula is C18H23F3N3O4-. The van der Waals surface area contributed by atoms with Crippen LogP contribution in [0.25, 0.3) is 0 Å². The standard InChI is InChI=1S/C18H24F3N3O4/c1-22-16(25)12-24(17(26)27)11-13-5-7-23(8-6-13)10-14-3-2-4-15(9-14)28-18(19,20)21/h2-4,9,13H,5-8,10-12H2,1H3,(H,22,25)(H,26,27)/p-1. The summed E-state index contributed by atoms with van der Waals surface area (Å²) in [6.45, 7) is 1.79. The summed E-state index contributed by atoms with van der Waals surface area (Å²) in [4.78, 5) is 25.7. The zero-order chi connectivity index (χ0) is 20.7. The number of rotatable bonds is 7. The molecule has 1 aromatic rings. The number of carbonyl (C=O) groups excluding carboxylic acids is 2. The third kappa shape index (κ3) is 7.26. The maximum absolute atomic E-state index is 12.3. The second kappa shape index (κ2) is 9.63. The van der Waals surface area contributed by atoms with E-state index in [9.17, 15) is 27.9 Å². The predicted molar refractivity (Wildman–Crippen MR) is 92.2 cm³/mol. The first-order valence-corrected chi connectivity index (χ1v) is 8.90.